The number of pyridine rings is 1. The average Bonchev–Trinajstić information content (AvgIpc) is 2.65. The largest absolute Gasteiger partial charge is 0.490 e. The highest BCUT2D eigenvalue weighted by Gasteiger charge is 2.24. The minimum Gasteiger partial charge on any atom is -0.490 e. The Morgan fingerprint density at radius 1 is 1.19 bits per heavy atom. The van der Waals surface area contributed by atoms with Gasteiger partial charge in [0, 0.05) is 23.5 Å². The van der Waals surface area contributed by atoms with Crippen LogP contribution in [0.15, 0.2) is 42.7 Å². The maximum absolute atomic E-state index is 12.4. The number of rotatable bonds is 9. The van der Waals surface area contributed by atoms with Gasteiger partial charge in [-0.2, -0.15) is 0 Å². The Labute approximate surface area is 158 Å². The van der Waals surface area contributed by atoms with E-state index in [-0.39, 0.29) is 5.92 Å². The van der Waals surface area contributed by atoms with Crippen molar-refractivity contribution >= 4 is 11.9 Å². The van der Waals surface area contributed by atoms with E-state index in [0.717, 1.165) is 5.56 Å². The zero-order chi connectivity index (χ0) is 19.8. The molecule has 1 atom stereocenters. The summed E-state index contributed by atoms with van der Waals surface area (Å²) in [6.07, 6.45) is 3.39. The van der Waals surface area contributed by atoms with Gasteiger partial charge in [-0.3, -0.25) is 9.78 Å². The minimum absolute atomic E-state index is 0.236. The van der Waals surface area contributed by atoms with Crippen LogP contribution < -0.4 is 14.8 Å². The molecule has 1 aromatic carbocycles. The molecule has 1 aromatic heterocycles. The number of carboxylic acid groups (broad SMARTS) is 1. The number of amides is 1. The van der Waals surface area contributed by atoms with Crippen molar-refractivity contribution in [3.05, 3.63) is 53.9 Å². The Balaban J connectivity index is 2.15. The molecule has 0 radical (unpaired) electrons. The third kappa shape index (κ3) is 5.70. The van der Waals surface area contributed by atoms with Crippen molar-refractivity contribution < 1.29 is 24.2 Å². The fraction of sp³-hybridized carbons (Fsp3) is 0.350. The number of ether oxygens (including phenoxy) is 2. The Bertz CT molecular complexity index is 777. The van der Waals surface area contributed by atoms with Gasteiger partial charge in [0.25, 0.3) is 5.91 Å². The minimum atomic E-state index is -1.07. The lowest BCUT2D eigenvalue weighted by Gasteiger charge is -2.18. The number of nitrogens with zero attached hydrogens (tertiary/aromatic N) is 1. The number of carboxylic acids is 1. The fourth-order valence-electron chi connectivity index (χ4n) is 2.42. The molecule has 0 saturated carbocycles. The summed E-state index contributed by atoms with van der Waals surface area (Å²) in [7, 11) is 0. The van der Waals surface area contributed by atoms with Gasteiger partial charge < -0.3 is 19.9 Å². The van der Waals surface area contributed by atoms with Crippen molar-refractivity contribution in [1.82, 2.24) is 10.3 Å². The molecular formula is C20H24N2O5. The van der Waals surface area contributed by atoms with Gasteiger partial charge in [-0.1, -0.05) is 19.9 Å². The topological polar surface area (TPSA) is 97.8 Å². The molecule has 27 heavy (non-hydrogen) atoms. The van der Waals surface area contributed by atoms with Crippen LogP contribution in [0.1, 0.15) is 36.7 Å². The molecule has 2 N–H and O–H groups in total. The lowest BCUT2D eigenvalue weighted by molar-refractivity contribution is -0.140. The number of hydrogen-bond acceptors (Lipinski definition) is 5. The standard InChI is InChI=1S/C20H24N2O5/c1-4-26-17-10-15(19(23)22-18(13(2)3)20(24)25)7-8-16(17)27-12-14-6-5-9-21-11-14/h5-11,13,18H,4,12H2,1-3H3,(H,22,23)(H,24,25)/t18-/m0/s1. The number of carbonyl (C=O) groups excluding carboxylic acids is 1. The first-order valence-electron chi connectivity index (χ1n) is 8.74. The van der Waals surface area contributed by atoms with Crippen LogP contribution in [0.25, 0.3) is 0 Å². The van der Waals surface area contributed by atoms with Crippen LogP contribution in [0.2, 0.25) is 0 Å². The maximum atomic E-state index is 12.4. The van der Waals surface area contributed by atoms with Crippen molar-refractivity contribution in [2.45, 2.75) is 33.4 Å². The lowest BCUT2D eigenvalue weighted by atomic mass is 10.0. The number of hydrogen-bond donors (Lipinski definition) is 2. The van der Waals surface area contributed by atoms with Gasteiger partial charge in [0.05, 0.1) is 6.61 Å². The van der Waals surface area contributed by atoms with Crippen molar-refractivity contribution in [3.8, 4) is 11.5 Å². The first-order valence-corrected chi connectivity index (χ1v) is 8.74. The molecule has 144 valence electrons. The van der Waals surface area contributed by atoms with Crippen LogP contribution >= 0.6 is 0 Å². The molecule has 0 bridgehead atoms. The highest BCUT2D eigenvalue weighted by Crippen LogP contribution is 2.29. The van der Waals surface area contributed by atoms with E-state index in [1.54, 1.807) is 44.4 Å². The van der Waals surface area contributed by atoms with Gasteiger partial charge in [-0.15, -0.1) is 0 Å². The van der Waals surface area contributed by atoms with Gasteiger partial charge in [-0.05, 0) is 37.1 Å². The van der Waals surface area contributed by atoms with E-state index < -0.39 is 17.9 Å². The third-order valence-corrected chi connectivity index (χ3v) is 3.84. The normalized spacial score (nSPS) is 11.7. The molecule has 1 amide bonds. The van der Waals surface area contributed by atoms with Crippen molar-refractivity contribution in [2.24, 2.45) is 5.92 Å². The molecule has 0 saturated heterocycles. The molecular weight excluding hydrogens is 348 g/mol. The van der Waals surface area contributed by atoms with E-state index in [1.807, 2.05) is 19.1 Å². The van der Waals surface area contributed by atoms with Crippen LogP contribution in [0.4, 0.5) is 0 Å². The van der Waals surface area contributed by atoms with E-state index in [0.29, 0.717) is 30.3 Å². The molecule has 0 fully saturated rings. The average molecular weight is 372 g/mol. The number of aromatic nitrogens is 1. The summed E-state index contributed by atoms with van der Waals surface area (Å²) in [5.41, 5.74) is 1.21. The van der Waals surface area contributed by atoms with Gasteiger partial charge in [0.2, 0.25) is 0 Å². The van der Waals surface area contributed by atoms with Crippen molar-refractivity contribution in [3.63, 3.8) is 0 Å². The summed E-state index contributed by atoms with van der Waals surface area (Å²) >= 11 is 0. The third-order valence-electron chi connectivity index (χ3n) is 3.84. The zero-order valence-electron chi connectivity index (χ0n) is 15.6. The molecule has 1 heterocycles. The Kier molecular flexibility index (Phi) is 7.16. The molecule has 0 aliphatic heterocycles. The Morgan fingerprint density at radius 3 is 2.56 bits per heavy atom. The molecule has 0 spiro atoms. The highest BCUT2D eigenvalue weighted by atomic mass is 16.5. The van der Waals surface area contributed by atoms with E-state index in [1.165, 1.54) is 0 Å². The summed E-state index contributed by atoms with van der Waals surface area (Å²) in [4.78, 5) is 27.8. The summed E-state index contributed by atoms with van der Waals surface area (Å²) in [5, 5.41) is 11.8. The summed E-state index contributed by atoms with van der Waals surface area (Å²) < 4.78 is 11.4. The molecule has 2 aromatic rings. The van der Waals surface area contributed by atoms with Gasteiger partial charge in [0.15, 0.2) is 11.5 Å². The SMILES string of the molecule is CCOc1cc(C(=O)N[C@H](C(=O)O)C(C)C)ccc1OCc1cccnc1. The van der Waals surface area contributed by atoms with E-state index >= 15 is 0 Å². The Hall–Kier alpha value is -3.09. The fourth-order valence-corrected chi connectivity index (χ4v) is 2.42. The molecule has 2 rings (SSSR count). The number of aliphatic carboxylic acids is 1. The first-order chi connectivity index (χ1) is 12.9. The van der Waals surface area contributed by atoms with Crippen LogP contribution in [-0.4, -0.2) is 34.6 Å². The van der Waals surface area contributed by atoms with E-state index in [9.17, 15) is 14.7 Å². The molecule has 0 aliphatic rings. The second-order valence-electron chi connectivity index (χ2n) is 6.28. The maximum Gasteiger partial charge on any atom is 0.326 e. The molecule has 7 nitrogen and oxygen atoms in total. The van der Waals surface area contributed by atoms with Crippen LogP contribution in [0.3, 0.4) is 0 Å². The summed E-state index contributed by atoms with van der Waals surface area (Å²) in [6.45, 7) is 6.02. The number of carbonyl (C=O) groups is 2. The van der Waals surface area contributed by atoms with Crippen LogP contribution in [-0.2, 0) is 11.4 Å². The van der Waals surface area contributed by atoms with Gasteiger partial charge >= 0.3 is 5.97 Å². The van der Waals surface area contributed by atoms with Gasteiger partial charge in [0.1, 0.15) is 12.6 Å². The highest BCUT2D eigenvalue weighted by molar-refractivity contribution is 5.97. The molecule has 7 heteroatoms. The lowest BCUT2D eigenvalue weighted by Crippen LogP contribution is -2.44. The molecule has 0 unspecified atom stereocenters. The number of nitrogens with one attached hydrogen (secondary N) is 1. The smallest absolute Gasteiger partial charge is 0.326 e. The van der Waals surface area contributed by atoms with Crippen molar-refractivity contribution in [1.29, 1.82) is 0 Å². The van der Waals surface area contributed by atoms with Gasteiger partial charge in [-0.25, -0.2) is 4.79 Å². The van der Waals surface area contributed by atoms with Crippen LogP contribution in [0.5, 0.6) is 11.5 Å². The monoisotopic (exact) mass is 372 g/mol. The summed E-state index contributed by atoms with van der Waals surface area (Å²) in [6, 6.07) is 7.53. The van der Waals surface area contributed by atoms with Crippen LogP contribution in [0, 0.1) is 5.92 Å². The number of benzene rings is 1. The second kappa shape index (κ2) is 9.56. The molecule has 0 aliphatic carbocycles. The predicted molar refractivity (Wildman–Crippen MR) is 99.9 cm³/mol. The first kappa shape index (κ1) is 20.2. The summed E-state index contributed by atoms with van der Waals surface area (Å²) in [5.74, 6) is -0.864. The second-order valence-corrected chi connectivity index (χ2v) is 6.28. The van der Waals surface area contributed by atoms with E-state index in [4.69, 9.17) is 9.47 Å². The van der Waals surface area contributed by atoms with Crippen molar-refractivity contribution in [2.75, 3.05) is 6.61 Å². The quantitative estimate of drug-likeness (QED) is 0.702. The predicted octanol–water partition coefficient (Wildman–Crippen LogP) is 2.90. The zero-order valence-corrected chi connectivity index (χ0v) is 15.6. The Morgan fingerprint density at radius 2 is 1.96 bits per heavy atom. The van der Waals surface area contributed by atoms with E-state index in [2.05, 4.69) is 10.3 Å².